The number of hydrogen-bond acceptors (Lipinski definition) is 5. The van der Waals surface area contributed by atoms with Gasteiger partial charge in [-0.15, -0.1) is 0 Å². The number of benzene rings is 1. The fourth-order valence-electron chi connectivity index (χ4n) is 1.75. The third-order valence-electron chi connectivity index (χ3n) is 2.92. The first-order valence-electron chi connectivity index (χ1n) is 6.75. The van der Waals surface area contributed by atoms with Crippen molar-refractivity contribution in [3.8, 4) is 0 Å². The Labute approximate surface area is 126 Å². The van der Waals surface area contributed by atoms with Crippen LogP contribution in [0.25, 0.3) is 0 Å². The molecule has 0 fully saturated rings. The molecule has 21 heavy (non-hydrogen) atoms. The molecule has 0 saturated carbocycles. The molecule has 0 radical (unpaired) electrons. The number of nitrogens with one attached hydrogen (secondary N) is 2. The van der Waals surface area contributed by atoms with Gasteiger partial charge in [-0.05, 0) is 25.0 Å². The fraction of sp³-hybridized carbons (Fsp3) is 0.500. The minimum absolute atomic E-state index is 0.0577. The van der Waals surface area contributed by atoms with Crippen LogP contribution < -0.4 is 16.4 Å². The Kier molecular flexibility index (Phi) is 5.60. The number of anilines is 2. The first-order chi connectivity index (χ1) is 9.62. The van der Waals surface area contributed by atoms with Crippen molar-refractivity contribution < 1.29 is 13.2 Å². The lowest BCUT2D eigenvalue weighted by Gasteiger charge is -2.18. The highest BCUT2D eigenvalue weighted by atomic mass is 32.2. The molecule has 1 rings (SSSR count). The van der Waals surface area contributed by atoms with Gasteiger partial charge in [0.15, 0.2) is 9.84 Å². The number of hydrogen-bond donors (Lipinski definition) is 3. The SMILES string of the molecule is CC(C)CNC(=O)C(C)Nc1cccc(S(C)(=O)=O)c1N. The molecule has 118 valence electrons. The molecule has 1 aromatic rings. The maximum Gasteiger partial charge on any atom is 0.242 e. The van der Waals surface area contributed by atoms with Gasteiger partial charge in [0.2, 0.25) is 5.91 Å². The van der Waals surface area contributed by atoms with Crippen molar-refractivity contribution in [2.45, 2.75) is 31.7 Å². The maximum absolute atomic E-state index is 11.9. The van der Waals surface area contributed by atoms with Crippen LogP contribution >= 0.6 is 0 Å². The van der Waals surface area contributed by atoms with Crippen LogP contribution in [0.3, 0.4) is 0 Å². The van der Waals surface area contributed by atoms with E-state index in [2.05, 4.69) is 10.6 Å². The van der Waals surface area contributed by atoms with Crippen LogP contribution in [0.15, 0.2) is 23.1 Å². The molecule has 1 aromatic carbocycles. The minimum Gasteiger partial charge on any atom is -0.396 e. The van der Waals surface area contributed by atoms with E-state index in [4.69, 9.17) is 5.73 Å². The first-order valence-corrected chi connectivity index (χ1v) is 8.65. The topological polar surface area (TPSA) is 101 Å². The van der Waals surface area contributed by atoms with E-state index in [0.717, 1.165) is 6.26 Å². The second kappa shape index (κ2) is 6.80. The van der Waals surface area contributed by atoms with Crippen molar-refractivity contribution in [3.63, 3.8) is 0 Å². The third kappa shape index (κ3) is 4.93. The van der Waals surface area contributed by atoms with Gasteiger partial charge in [-0.2, -0.15) is 0 Å². The van der Waals surface area contributed by atoms with Crippen molar-refractivity contribution in [1.29, 1.82) is 0 Å². The van der Waals surface area contributed by atoms with Gasteiger partial charge >= 0.3 is 0 Å². The van der Waals surface area contributed by atoms with Gasteiger partial charge in [0.25, 0.3) is 0 Å². The Morgan fingerprint density at radius 2 is 1.90 bits per heavy atom. The van der Waals surface area contributed by atoms with E-state index in [1.54, 1.807) is 19.1 Å². The number of sulfone groups is 1. The molecule has 0 aliphatic rings. The summed E-state index contributed by atoms with van der Waals surface area (Å²) in [6.07, 6.45) is 1.10. The van der Waals surface area contributed by atoms with Gasteiger partial charge in [-0.25, -0.2) is 8.42 Å². The molecule has 0 heterocycles. The lowest BCUT2D eigenvalue weighted by Crippen LogP contribution is -2.39. The predicted octanol–water partition coefficient (Wildman–Crippen LogP) is 1.24. The standard InChI is InChI=1S/C14H23N3O3S/c1-9(2)8-16-14(18)10(3)17-11-6-5-7-12(13(11)15)21(4,19)20/h5-7,9-10,17H,8,15H2,1-4H3,(H,16,18). The molecule has 0 saturated heterocycles. The molecule has 0 aromatic heterocycles. The number of carbonyl (C=O) groups excluding carboxylic acids is 1. The maximum atomic E-state index is 11.9. The molecule has 7 heteroatoms. The summed E-state index contributed by atoms with van der Waals surface area (Å²) in [4.78, 5) is 12.0. The van der Waals surface area contributed by atoms with E-state index in [-0.39, 0.29) is 16.5 Å². The van der Waals surface area contributed by atoms with Gasteiger partial charge in [0, 0.05) is 12.8 Å². The highest BCUT2D eigenvalue weighted by Gasteiger charge is 2.17. The lowest BCUT2D eigenvalue weighted by atomic mass is 10.2. The zero-order valence-electron chi connectivity index (χ0n) is 12.8. The molecule has 0 spiro atoms. The zero-order chi connectivity index (χ0) is 16.2. The minimum atomic E-state index is -3.40. The fourth-order valence-corrected chi connectivity index (χ4v) is 2.59. The summed E-state index contributed by atoms with van der Waals surface area (Å²) >= 11 is 0. The van der Waals surface area contributed by atoms with Crippen LogP contribution in [0.5, 0.6) is 0 Å². The molecule has 0 aliphatic heterocycles. The monoisotopic (exact) mass is 313 g/mol. The Balaban J connectivity index is 2.86. The van der Waals surface area contributed by atoms with E-state index in [0.29, 0.717) is 18.2 Å². The quantitative estimate of drug-likeness (QED) is 0.686. The number of para-hydroxylation sites is 1. The van der Waals surface area contributed by atoms with Gasteiger partial charge in [0.1, 0.15) is 6.04 Å². The summed E-state index contributed by atoms with van der Waals surface area (Å²) in [7, 11) is -3.40. The van der Waals surface area contributed by atoms with Crippen LogP contribution in [0.1, 0.15) is 20.8 Å². The molecule has 4 N–H and O–H groups in total. The van der Waals surface area contributed by atoms with Crippen LogP contribution in [0.2, 0.25) is 0 Å². The summed E-state index contributed by atoms with van der Waals surface area (Å²) in [5.74, 6) is 0.202. The van der Waals surface area contributed by atoms with Crippen molar-refractivity contribution in [1.82, 2.24) is 5.32 Å². The Bertz CT molecular complexity index is 612. The Hall–Kier alpha value is -1.76. The highest BCUT2D eigenvalue weighted by Crippen LogP contribution is 2.27. The third-order valence-corrected chi connectivity index (χ3v) is 4.07. The van der Waals surface area contributed by atoms with E-state index in [1.807, 2.05) is 13.8 Å². The molecule has 1 unspecified atom stereocenters. The number of nitrogen functional groups attached to an aromatic ring is 1. The lowest BCUT2D eigenvalue weighted by molar-refractivity contribution is -0.121. The zero-order valence-corrected chi connectivity index (χ0v) is 13.6. The van der Waals surface area contributed by atoms with Gasteiger partial charge in [-0.3, -0.25) is 4.79 Å². The molecule has 6 nitrogen and oxygen atoms in total. The summed E-state index contributed by atoms with van der Waals surface area (Å²) in [6, 6.07) is 4.17. The Morgan fingerprint density at radius 3 is 2.43 bits per heavy atom. The summed E-state index contributed by atoms with van der Waals surface area (Å²) in [6.45, 7) is 6.30. The van der Waals surface area contributed by atoms with Crippen LogP contribution in [-0.2, 0) is 14.6 Å². The molecule has 0 bridgehead atoms. The molecule has 0 aliphatic carbocycles. The second-order valence-corrected chi connectivity index (χ2v) is 7.48. The highest BCUT2D eigenvalue weighted by molar-refractivity contribution is 7.90. The van der Waals surface area contributed by atoms with Gasteiger partial charge < -0.3 is 16.4 Å². The largest absolute Gasteiger partial charge is 0.396 e. The first kappa shape index (κ1) is 17.3. The smallest absolute Gasteiger partial charge is 0.242 e. The second-order valence-electron chi connectivity index (χ2n) is 5.49. The van der Waals surface area contributed by atoms with Crippen LogP contribution in [0, 0.1) is 5.92 Å². The van der Waals surface area contributed by atoms with Crippen molar-refractivity contribution in [2.24, 2.45) is 5.92 Å². The molecule has 1 amide bonds. The Morgan fingerprint density at radius 1 is 1.29 bits per heavy atom. The van der Waals surface area contributed by atoms with E-state index in [9.17, 15) is 13.2 Å². The average Bonchev–Trinajstić information content (AvgIpc) is 2.36. The van der Waals surface area contributed by atoms with E-state index in [1.165, 1.54) is 6.07 Å². The summed E-state index contributed by atoms with van der Waals surface area (Å²) in [5, 5.41) is 5.75. The molecular formula is C14H23N3O3S. The normalized spacial score (nSPS) is 13.0. The van der Waals surface area contributed by atoms with Crippen molar-refractivity contribution in [3.05, 3.63) is 18.2 Å². The number of carbonyl (C=O) groups is 1. The van der Waals surface area contributed by atoms with Gasteiger partial charge in [-0.1, -0.05) is 19.9 Å². The van der Waals surface area contributed by atoms with Gasteiger partial charge in [0.05, 0.1) is 16.3 Å². The predicted molar refractivity (Wildman–Crippen MR) is 84.9 cm³/mol. The molecular weight excluding hydrogens is 290 g/mol. The van der Waals surface area contributed by atoms with E-state index < -0.39 is 15.9 Å². The number of amides is 1. The number of nitrogens with two attached hydrogens (primary N) is 1. The molecule has 1 atom stereocenters. The van der Waals surface area contributed by atoms with E-state index >= 15 is 0 Å². The average molecular weight is 313 g/mol. The van der Waals surface area contributed by atoms with Crippen molar-refractivity contribution in [2.75, 3.05) is 23.9 Å². The summed E-state index contributed by atoms with van der Waals surface area (Å²) in [5.41, 5.74) is 6.43. The van der Waals surface area contributed by atoms with Crippen LogP contribution in [-0.4, -0.2) is 33.2 Å². The summed E-state index contributed by atoms with van der Waals surface area (Å²) < 4.78 is 23.2. The number of rotatable bonds is 6. The van der Waals surface area contributed by atoms with Crippen LogP contribution in [0.4, 0.5) is 11.4 Å². The van der Waals surface area contributed by atoms with Crippen molar-refractivity contribution >= 4 is 27.1 Å².